The van der Waals surface area contributed by atoms with Crippen LogP contribution in [0.25, 0.3) is 0 Å². The lowest BCUT2D eigenvalue weighted by Crippen LogP contribution is -2.29. The van der Waals surface area contributed by atoms with Crippen LogP contribution in [0.3, 0.4) is 0 Å². The van der Waals surface area contributed by atoms with Crippen molar-refractivity contribution < 1.29 is 0 Å². The molecule has 1 unspecified atom stereocenters. The van der Waals surface area contributed by atoms with E-state index >= 15 is 0 Å². The highest BCUT2D eigenvalue weighted by Gasteiger charge is 2.11. The molecule has 0 saturated carbocycles. The molecular weight excluding hydrogens is 260 g/mol. The minimum Gasteiger partial charge on any atom is -0.355 e. The van der Waals surface area contributed by atoms with Gasteiger partial charge in [-0.15, -0.1) is 0 Å². The fourth-order valence-electron chi connectivity index (χ4n) is 2.24. The van der Waals surface area contributed by atoms with Gasteiger partial charge >= 0.3 is 0 Å². The van der Waals surface area contributed by atoms with Crippen LogP contribution in [0.2, 0.25) is 0 Å². The molecule has 1 N–H and O–H groups in total. The SMILES string of the molecule is CCCNC(C)c1ccc(N(CCC#N)CC(C)C)nc1. The summed E-state index contributed by atoms with van der Waals surface area (Å²) in [6.07, 6.45) is 3.61. The van der Waals surface area contributed by atoms with Crippen molar-refractivity contribution in [1.29, 1.82) is 5.26 Å². The van der Waals surface area contributed by atoms with Crippen molar-refractivity contribution >= 4 is 5.82 Å². The summed E-state index contributed by atoms with van der Waals surface area (Å²) >= 11 is 0. The van der Waals surface area contributed by atoms with Gasteiger partial charge in [0.1, 0.15) is 5.82 Å². The highest BCUT2D eigenvalue weighted by Crippen LogP contribution is 2.17. The van der Waals surface area contributed by atoms with Crippen LogP contribution in [-0.4, -0.2) is 24.6 Å². The van der Waals surface area contributed by atoms with E-state index in [1.165, 1.54) is 5.56 Å². The largest absolute Gasteiger partial charge is 0.355 e. The molecule has 1 heterocycles. The monoisotopic (exact) mass is 288 g/mol. The van der Waals surface area contributed by atoms with Gasteiger partial charge in [0.05, 0.1) is 12.5 Å². The maximum absolute atomic E-state index is 8.79. The summed E-state index contributed by atoms with van der Waals surface area (Å²) < 4.78 is 0. The molecule has 0 radical (unpaired) electrons. The van der Waals surface area contributed by atoms with Crippen molar-refractivity contribution in [3.8, 4) is 6.07 Å². The summed E-state index contributed by atoms with van der Waals surface area (Å²) in [5, 5.41) is 12.3. The molecule has 1 rings (SSSR count). The van der Waals surface area contributed by atoms with Crippen LogP contribution in [0.15, 0.2) is 18.3 Å². The van der Waals surface area contributed by atoms with Gasteiger partial charge in [-0.25, -0.2) is 4.98 Å². The predicted octanol–water partition coefficient (Wildman–Crippen LogP) is 3.52. The molecule has 0 aliphatic carbocycles. The molecule has 21 heavy (non-hydrogen) atoms. The van der Waals surface area contributed by atoms with Gasteiger partial charge in [-0.1, -0.05) is 26.8 Å². The number of hydrogen-bond acceptors (Lipinski definition) is 4. The first-order chi connectivity index (χ1) is 10.1. The Balaban J connectivity index is 2.74. The predicted molar refractivity (Wildman–Crippen MR) is 88.2 cm³/mol. The Kier molecular flexibility index (Phi) is 7.78. The zero-order valence-corrected chi connectivity index (χ0v) is 13.8. The standard InChI is InChI=1S/C17H28N4/c1-5-10-19-15(4)16-7-8-17(20-12-16)21(11-6-9-18)13-14(2)3/h7-8,12,14-15,19H,5-6,10-11,13H2,1-4H3. The van der Waals surface area contributed by atoms with Gasteiger partial charge < -0.3 is 10.2 Å². The second-order valence-electron chi connectivity index (χ2n) is 5.87. The van der Waals surface area contributed by atoms with E-state index < -0.39 is 0 Å². The normalized spacial score (nSPS) is 12.2. The molecule has 0 bridgehead atoms. The molecule has 0 fully saturated rings. The number of nitrogens with zero attached hydrogens (tertiary/aromatic N) is 3. The highest BCUT2D eigenvalue weighted by atomic mass is 15.2. The van der Waals surface area contributed by atoms with E-state index in [1.54, 1.807) is 0 Å². The summed E-state index contributed by atoms with van der Waals surface area (Å²) in [5.41, 5.74) is 1.21. The maximum Gasteiger partial charge on any atom is 0.128 e. The number of nitrogens with one attached hydrogen (secondary N) is 1. The first kappa shape index (κ1) is 17.5. The number of anilines is 1. The minimum absolute atomic E-state index is 0.323. The third-order valence-corrected chi connectivity index (χ3v) is 3.37. The molecule has 1 atom stereocenters. The minimum atomic E-state index is 0.323. The lowest BCUT2D eigenvalue weighted by Gasteiger charge is -2.25. The molecule has 0 spiro atoms. The Bertz CT molecular complexity index is 433. The second kappa shape index (κ2) is 9.36. The summed E-state index contributed by atoms with van der Waals surface area (Å²) in [6, 6.07) is 6.74. The molecular formula is C17H28N4. The van der Waals surface area contributed by atoms with Gasteiger partial charge in [-0.05, 0) is 37.4 Å². The van der Waals surface area contributed by atoms with Crippen molar-refractivity contribution in [3.05, 3.63) is 23.9 Å². The van der Waals surface area contributed by atoms with Crippen LogP contribution < -0.4 is 10.2 Å². The molecule has 1 aromatic rings. The molecule has 1 aromatic heterocycles. The molecule has 0 aromatic carbocycles. The summed E-state index contributed by atoms with van der Waals surface area (Å²) in [5.74, 6) is 1.51. The number of aromatic nitrogens is 1. The van der Waals surface area contributed by atoms with Gasteiger partial charge in [0.25, 0.3) is 0 Å². The zero-order valence-electron chi connectivity index (χ0n) is 13.8. The van der Waals surface area contributed by atoms with Crippen LogP contribution in [0.1, 0.15) is 52.1 Å². The van der Waals surface area contributed by atoms with Gasteiger partial charge in [-0.3, -0.25) is 0 Å². The van der Waals surface area contributed by atoms with Crippen LogP contribution in [0, 0.1) is 17.2 Å². The van der Waals surface area contributed by atoms with Gasteiger partial charge in [0.15, 0.2) is 0 Å². The lowest BCUT2D eigenvalue weighted by atomic mass is 10.1. The lowest BCUT2D eigenvalue weighted by molar-refractivity contribution is 0.568. The molecule has 4 nitrogen and oxygen atoms in total. The van der Waals surface area contributed by atoms with Gasteiger partial charge in [0, 0.05) is 25.3 Å². The molecule has 4 heteroatoms. The molecule has 0 aliphatic rings. The molecule has 0 saturated heterocycles. The van der Waals surface area contributed by atoms with E-state index in [1.807, 2.05) is 6.20 Å². The fraction of sp³-hybridized carbons (Fsp3) is 0.647. The van der Waals surface area contributed by atoms with Crippen molar-refractivity contribution in [1.82, 2.24) is 10.3 Å². The number of hydrogen-bond donors (Lipinski definition) is 1. The summed E-state index contributed by atoms with van der Waals surface area (Å²) in [4.78, 5) is 6.79. The van der Waals surface area contributed by atoms with E-state index in [0.29, 0.717) is 18.4 Å². The second-order valence-corrected chi connectivity index (χ2v) is 5.87. The quantitative estimate of drug-likeness (QED) is 0.755. The Morgan fingerprint density at radius 2 is 2.10 bits per heavy atom. The number of pyridine rings is 1. The highest BCUT2D eigenvalue weighted by molar-refractivity contribution is 5.40. The van der Waals surface area contributed by atoms with Crippen LogP contribution in [-0.2, 0) is 0 Å². The zero-order chi connectivity index (χ0) is 15.7. The van der Waals surface area contributed by atoms with Crippen LogP contribution >= 0.6 is 0 Å². The van der Waals surface area contributed by atoms with Crippen molar-refractivity contribution in [2.75, 3.05) is 24.5 Å². The van der Waals surface area contributed by atoms with Crippen molar-refractivity contribution in [2.45, 2.75) is 46.6 Å². The summed E-state index contributed by atoms with van der Waals surface area (Å²) in [7, 11) is 0. The maximum atomic E-state index is 8.79. The van der Waals surface area contributed by atoms with E-state index in [4.69, 9.17) is 5.26 Å². The Morgan fingerprint density at radius 1 is 1.33 bits per heavy atom. The third kappa shape index (κ3) is 6.14. The average Bonchev–Trinajstić information content (AvgIpc) is 2.49. The van der Waals surface area contributed by atoms with E-state index in [9.17, 15) is 0 Å². The first-order valence-corrected chi connectivity index (χ1v) is 7.89. The van der Waals surface area contributed by atoms with E-state index in [-0.39, 0.29) is 0 Å². The topological polar surface area (TPSA) is 52.0 Å². The first-order valence-electron chi connectivity index (χ1n) is 7.89. The fourth-order valence-corrected chi connectivity index (χ4v) is 2.24. The molecule has 0 amide bonds. The van der Waals surface area contributed by atoms with Crippen molar-refractivity contribution in [3.63, 3.8) is 0 Å². The molecule has 0 aliphatic heterocycles. The Morgan fingerprint density at radius 3 is 2.62 bits per heavy atom. The smallest absolute Gasteiger partial charge is 0.128 e. The molecule has 116 valence electrons. The number of rotatable bonds is 9. The third-order valence-electron chi connectivity index (χ3n) is 3.37. The van der Waals surface area contributed by atoms with Crippen LogP contribution in [0.4, 0.5) is 5.82 Å². The Hall–Kier alpha value is -1.60. The number of nitriles is 1. The Labute approximate surface area is 129 Å². The van der Waals surface area contributed by atoms with E-state index in [0.717, 1.165) is 31.9 Å². The van der Waals surface area contributed by atoms with Gasteiger partial charge in [-0.2, -0.15) is 5.26 Å². The summed E-state index contributed by atoms with van der Waals surface area (Å²) in [6.45, 7) is 11.4. The van der Waals surface area contributed by atoms with Crippen LogP contribution in [0.5, 0.6) is 0 Å². The van der Waals surface area contributed by atoms with Crippen molar-refractivity contribution in [2.24, 2.45) is 5.92 Å². The van der Waals surface area contributed by atoms with E-state index in [2.05, 4.69) is 61.1 Å². The average molecular weight is 288 g/mol. The van der Waals surface area contributed by atoms with Gasteiger partial charge in [0.2, 0.25) is 0 Å².